The minimum absolute atomic E-state index is 0.410. The van der Waals surface area contributed by atoms with Crippen LogP contribution in [0, 0.1) is 6.92 Å². The van der Waals surface area contributed by atoms with Crippen molar-refractivity contribution in [3.8, 4) is 0 Å². The van der Waals surface area contributed by atoms with Gasteiger partial charge in [-0.15, -0.1) is 11.3 Å². The first kappa shape index (κ1) is 11.8. The van der Waals surface area contributed by atoms with E-state index in [1.54, 1.807) is 11.3 Å². The molecule has 0 aromatic carbocycles. The molecule has 0 fully saturated rings. The first-order valence-electron chi connectivity index (χ1n) is 5.60. The largest absolute Gasteiger partial charge is 0.438 e. The average Bonchev–Trinajstić information content (AvgIpc) is 2.96. The van der Waals surface area contributed by atoms with Gasteiger partial charge in [0.2, 0.25) is 0 Å². The molecule has 1 N–H and O–H groups in total. The minimum atomic E-state index is -0.553. The van der Waals surface area contributed by atoms with Crippen molar-refractivity contribution in [2.24, 2.45) is 0 Å². The van der Waals surface area contributed by atoms with Crippen LogP contribution in [0.4, 0.5) is 5.82 Å². The summed E-state index contributed by atoms with van der Waals surface area (Å²) in [6.07, 6.45) is 1.54. The Bertz CT molecular complexity index is 775. The van der Waals surface area contributed by atoms with E-state index >= 15 is 0 Å². The number of thiophene rings is 1. The molecule has 0 radical (unpaired) electrons. The molecule has 3 aromatic rings. The second-order valence-corrected chi connectivity index (χ2v) is 5.05. The van der Waals surface area contributed by atoms with Gasteiger partial charge in [0.15, 0.2) is 5.82 Å². The van der Waals surface area contributed by atoms with Crippen molar-refractivity contribution >= 4 is 27.4 Å². The normalized spacial score (nSPS) is 11.1. The predicted octanol–water partition coefficient (Wildman–Crippen LogP) is 1.31. The van der Waals surface area contributed by atoms with Crippen LogP contribution in [-0.2, 0) is 6.54 Å². The van der Waals surface area contributed by atoms with Gasteiger partial charge in [0.1, 0.15) is 17.0 Å². The van der Waals surface area contributed by atoms with Gasteiger partial charge in [-0.2, -0.15) is 0 Å². The monoisotopic (exact) mass is 277 g/mol. The van der Waals surface area contributed by atoms with E-state index in [1.165, 1.54) is 6.33 Å². The lowest BCUT2D eigenvalue weighted by atomic mass is 10.2. The topological polar surface area (TPSA) is 87.9 Å². The van der Waals surface area contributed by atoms with E-state index in [0.717, 1.165) is 21.6 Å². The van der Waals surface area contributed by atoms with Gasteiger partial charge in [-0.05, 0) is 17.9 Å². The fraction of sp³-hybridized carbons (Fsp3) is 0.273. The summed E-state index contributed by atoms with van der Waals surface area (Å²) in [5.74, 6) is 0.725. The lowest BCUT2D eigenvalue weighted by molar-refractivity contribution is 0.381. The van der Waals surface area contributed by atoms with Gasteiger partial charge in [0, 0.05) is 7.05 Å². The van der Waals surface area contributed by atoms with Gasteiger partial charge in [-0.25, -0.2) is 14.8 Å². The fourth-order valence-electron chi connectivity index (χ4n) is 1.92. The van der Waals surface area contributed by atoms with Crippen molar-refractivity contribution in [1.82, 2.24) is 20.1 Å². The lowest BCUT2D eigenvalue weighted by Crippen LogP contribution is -2.19. The second kappa shape index (κ2) is 4.47. The molecule has 0 bridgehead atoms. The van der Waals surface area contributed by atoms with Crippen LogP contribution in [-0.4, -0.2) is 27.2 Å². The highest BCUT2D eigenvalue weighted by Gasteiger charge is 2.14. The van der Waals surface area contributed by atoms with E-state index in [9.17, 15) is 4.79 Å². The van der Waals surface area contributed by atoms with E-state index in [-0.39, 0.29) is 0 Å². The first-order valence-corrected chi connectivity index (χ1v) is 6.48. The van der Waals surface area contributed by atoms with Crippen LogP contribution in [0.5, 0.6) is 0 Å². The Hall–Kier alpha value is -2.22. The lowest BCUT2D eigenvalue weighted by Gasteiger charge is -2.17. The Morgan fingerprint density at radius 3 is 3.05 bits per heavy atom. The van der Waals surface area contributed by atoms with Crippen LogP contribution in [0.25, 0.3) is 10.2 Å². The Morgan fingerprint density at radius 2 is 2.32 bits per heavy atom. The molecule has 0 unspecified atom stereocenters. The third kappa shape index (κ3) is 2.10. The van der Waals surface area contributed by atoms with Crippen molar-refractivity contribution in [2.45, 2.75) is 13.5 Å². The highest BCUT2D eigenvalue weighted by molar-refractivity contribution is 7.17. The molecule has 98 valence electrons. The quantitative estimate of drug-likeness (QED) is 0.776. The number of H-pyrrole nitrogens is 1. The predicted molar refractivity (Wildman–Crippen MR) is 71.4 cm³/mol. The van der Waals surface area contributed by atoms with Crippen molar-refractivity contribution < 1.29 is 4.52 Å². The number of anilines is 1. The van der Waals surface area contributed by atoms with Crippen LogP contribution in [0.2, 0.25) is 0 Å². The summed E-state index contributed by atoms with van der Waals surface area (Å²) in [6.45, 7) is 2.44. The van der Waals surface area contributed by atoms with Gasteiger partial charge in [-0.1, -0.05) is 5.16 Å². The second-order valence-electron chi connectivity index (χ2n) is 4.19. The molecular formula is C11H11N5O2S. The summed E-state index contributed by atoms with van der Waals surface area (Å²) in [5, 5.41) is 6.72. The molecule has 0 saturated heterocycles. The summed E-state index contributed by atoms with van der Waals surface area (Å²) in [5.41, 5.74) is 1.14. The van der Waals surface area contributed by atoms with Crippen LogP contribution in [0.1, 0.15) is 11.4 Å². The highest BCUT2D eigenvalue weighted by atomic mass is 32.1. The van der Waals surface area contributed by atoms with Crippen LogP contribution < -0.4 is 10.7 Å². The van der Waals surface area contributed by atoms with Gasteiger partial charge in [0.05, 0.1) is 11.9 Å². The molecule has 0 aliphatic carbocycles. The number of nitrogens with zero attached hydrogens (tertiary/aromatic N) is 4. The van der Waals surface area contributed by atoms with Crippen molar-refractivity contribution in [3.63, 3.8) is 0 Å². The third-order valence-electron chi connectivity index (χ3n) is 2.77. The van der Waals surface area contributed by atoms with Gasteiger partial charge >= 0.3 is 5.76 Å². The summed E-state index contributed by atoms with van der Waals surface area (Å²) >= 11 is 1.59. The number of nitrogens with one attached hydrogen (secondary N) is 1. The molecule has 7 nitrogen and oxygen atoms in total. The summed E-state index contributed by atoms with van der Waals surface area (Å²) in [6, 6.07) is 0. The number of hydrogen-bond donors (Lipinski definition) is 1. The van der Waals surface area contributed by atoms with Crippen molar-refractivity contribution in [2.75, 3.05) is 11.9 Å². The number of aromatic nitrogens is 4. The molecule has 3 aromatic heterocycles. The Kier molecular flexibility index (Phi) is 2.79. The fourth-order valence-corrected chi connectivity index (χ4v) is 2.80. The average molecular weight is 277 g/mol. The van der Waals surface area contributed by atoms with E-state index in [2.05, 4.69) is 30.0 Å². The highest BCUT2D eigenvalue weighted by Crippen LogP contribution is 2.30. The molecule has 0 amide bonds. The van der Waals surface area contributed by atoms with Crippen LogP contribution in [0.3, 0.4) is 0 Å². The Balaban J connectivity index is 1.99. The Morgan fingerprint density at radius 1 is 1.47 bits per heavy atom. The summed E-state index contributed by atoms with van der Waals surface area (Å²) in [7, 11) is 1.88. The zero-order chi connectivity index (χ0) is 13.4. The molecule has 0 saturated carbocycles. The van der Waals surface area contributed by atoms with E-state index < -0.39 is 5.76 Å². The smallest absolute Gasteiger partial charge is 0.351 e. The minimum Gasteiger partial charge on any atom is -0.351 e. The van der Waals surface area contributed by atoms with Gasteiger partial charge in [0.25, 0.3) is 0 Å². The SMILES string of the molecule is Cc1csc2ncnc(N(C)Cc3noc(=O)[nH]3)c12. The number of aromatic amines is 1. The molecule has 8 heteroatoms. The van der Waals surface area contributed by atoms with E-state index in [4.69, 9.17) is 0 Å². The number of rotatable bonds is 3. The number of aryl methyl sites for hydroxylation is 1. The van der Waals surface area contributed by atoms with E-state index in [1.807, 2.05) is 18.9 Å². The molecule has 0 aliphatic heterocycles. The maximum Gasteiger partial charge on any atom is 0.438 e. The maximum absolute atomic E-state index is 10.9. The third-order valence-corrected chi connectivity index (χ3v) is 3.77. The van der Waals surface area contributed by atoms with Crippen molar-refractivity contribution in [1.29, 1.82) is 0 Å². The summed E-state index contributed by atoms with van der Waals surface area (Å²) in [4.78, 5) is 24.8. The molecule has 3 rings (SSSR count). The van der Waals surface area contributed by atoms with Crippen LogP contribution >= 0.6 is 11.3 Å². The number of hydrogen-bond acceptors (Lipinski definition) is 7. The zero-order valence-corrected chi connectivity index (χ0v) is 11.2. The molecule has 0 atom stereocenters. The molecule has 3 heterocycles. The van der Waals surface area contributed by atoms with Crippen molar-refractivity contribution in [3.05, 3.63) is 33.6 Å². The van der Waals surface area contributed by atoms with Crippen LogP contribution in [0.15, 0.2) is 21.0 Å². The van der Waals surface area contributed by atoms with E-state index in [0.29, 0.717) is 12.4 Å². The molecule has 0 aliphatic rings. The number of fused-ring (bicyclic) bond motifs is 1. The standard InChI is InChI=1S/C11H11N5O2S/c1-6-4-19-10-8(6)9(12-5-13-10)16(2)3-7-14-11(17)18-15-7/h4-5H,3H2,1-2H3,(H,14,15,17). The molecule has 0 spiro atoms. The van der Waals surface area contributed by atoms with Gasteiger partial charge < -0.3 is 4.90 Å². The maximum atomic E-state index is 10.9. The molecular weight excluding hydrogens is 266 g/mol. The Labute approximate surface area is 111 Å². The zero-order valence-electron chi connectivity index (χ0n) is 10.4. The first-order chi connectivity index (χ1) is 9.15. The summed E-state index contributed by atoms with van der Waals surface area (Å²) < 4.78 is 4.48. The molecule has 19 heavy (non-hydrogen) atoms. The van der Waals surface area contributed by atoms with Gasteiger partial charge in [-0.3, -0.25) is 9.51 Å².